The van der Waals surface area contributed by atoms with Gasteiger partial charge in [0.15, 0.2) is 5.60 Å². The summed E-state index contributed by atoms with van der Waals surface area (Å²) >= 11 is 1.55. The van der Waals surface area contributed by atoms with Crippen LogP contribution in [0.15, 0.2) is 41.8 Å². The van der Waals surface area contributed by atoms with E-state index in [4.69, 9.17) is 14.9 Å². The summed E-state index contributed by atoms with van der Waals surface area (Å²) in [5.74, 6) is 2.24. The van der Waals surface area contributed by atoms with Gasteiger partial charge < -0.3 is 24.6 Å². The smallest absolute Gasteiger partial charge is 0.266 e. The fraction of sp³-hybridized carbons (Fsp3) is 0.400. The number of hydrogen-bond donors (Lipinski definition) is 2. The monoisotopic (exact) mass is 532 g/mol. The third-order valence-corrected chi connectivity index (χ3v) is 8.87. The van der Waals surface area contributed by atoms with Gasteiger partial charge in [-0.15, -0.1) is 11.3 Å². The predicted octanol–water partition coefficient (Wildman–Crippen LogP) is 5.55. The van der Waals surface area contributed by atoms with Crippen LogP contribution in [-0.4, -0.2) is 55.5 Å². The number of amides is 1. The largest absolute Gasteiger partial charge is 0.496 e. The van der Waals surface area contributed by atoms with Gasteiger partial charge in [0.2, 0.25) is 0 Å². The van der Waals surface area contributed by atoms with E-state index in [2.05, 4.69) is 36.2 Å². The van der Waals surface area contributed by atoms with Gasteiger partial charge in [-0.25, -0.2) is 0 Å². The lowest BCUT2D eigenvalue weighted by Crippen LogP contribution is -2.57. The first kappa shape index (κ1) is 26.1. The van der Waals surface area contributed by atoms with Gasteiger partial charge >= 0.3 is 0 Å². The maximum absolute atomic E-state index is 13.7. The third-order valence-electron chi connectivity index (χ3n) is 7.98. The zero-order chi connectivity index (χ0) is 27.0. The van der Waals surface area contributed by atoms with E-state index >= 15 is 0 Å². The summed E-state index contributed by atoms with van der Waals surface area (Å²) < 4.78 is 12.2. The number of amidine groups is 1. The number of hydrogen-bond acceptors (Lipinski definition) is 6. The first-order valence-electron chi connectivity index (χ1n) is 13.1. The van der Waals surface area contributed by atoms with E-state index in [1.807, 2.05) is 48.4 Å². The second kappa shape index (κ2) is 10.3. The van der Waals surface area contributed by atoms with Crippen LogP contribution < -0.4 is 19.7 Å². The molecule has 8 heteroatoms. The lowest BCUT2D eigenvalue weighted by Gasteiger charge is -2.42. The van der Waals surface area contributed by atoms with Gasteiger partial charge in [-0.05, 0) is 86.5 Å². The number of benzene rings is 2. The Balaban J connectivity index is 1.22. The van der Waals surface area contributed by atoms with Crippen molar-refractivity contribution in [1.29, 1.82) is 5.41 Å². The standard InChI is InChI=1S/C30H36N4O3S/c1-19-20(2)27-24(21(3)26(19)36-5)12-13-30(4,37-27)29(35)34-16-14-33(15-17-34)23-10-8-22(9-11-23)32-28(31)25-7-6-18-38-25/h6-11,18H,12-17H2,1-5H3,(H2,31,32). The molecule has 38 heavy (non-hydrogen) atoms. The Bertz CT molecular complexity index is 1350. The highest BCUT2D eigenvalue weighted by atomic mass is 32.1. The van der Waals surface area contributed by atoms with Crippen LogP contribution in [0.2, 0.25) is 0 Å². The van der Waals surface area contributed by atoms with Crippen LogP contribution in [0.25, 0.3) is 0 Å². The molecule has 0 aliphatic carbocycles. The van der Waals surface area contributed by atoms with Crippen molar-refractivity contribution in [3.63, 3.8) is 0 Å². The Morgan fingerprint density at radius 3 is 2.39 bits per heavy atom. The van der Waals surface area contributed by atoms with Gasteiger partial charge in [0.05, 0.1) is 12.0 Å². The van der Waals surface area contributed by atoms with E-state index in [0.29, 0.717) is 25.3 Å². The minimum atomic E-state index is -0.867. The normalized spacial score (nSPS) is 19.0. The number of ether oxygens (including phenoxy) is 2. The fourth-order valence-corrected chi connectivity index (χ4v) is 6.21. The van der Waals surface area contributed by atoms with Gasteiger partial charge in [-0.2, -0.15) is 0 Å². The molecule has 1 aromatic heterocycles. The number of carbonyl (C=O) groups is 1. The second-order valence-corrected chi connectivity index (χ2v) is 11.3. The lowest BCUT2D eigenvalue weighted by molar-refractivity contribution is -0.148. The summed E-state index contributed by atoms with van der Waals surface area (Å²) in [7, 11) is 1.71. The van der Waals surface area contributed by atoms with Crippen molar-refractivity contribution in [1.82, 2.24) is 4.90 Å². The van der Waals surface area contributed by atoms with Crippen molar-refractivity contribution >= 4 is 34.5 Å². The van der Waals surface area contributed by atoms with Crippen molar-refractivity contribution < 1.29 is 14.3 Å². The molecule has 1 amide bonds. The Hall–Kier alpha value is -3.52. The molecule has 2 N–H and O–H groups in total. The summed E-state index contributed by atoms with van der Waals surface area (Å²) in [6.07, 6.45) is 1.45. The molecule has 5 rings (SSSR count). The first-order chi connectivity index (χ1) is 18.2. The Labute approximate surface area is 228 Å². The molecule has 200 valence electrons. The first-order valence-corrected chi connectivity index (χ1v) is 14.0. The topological polar surface area (TPSA) is 77.9 Å². The Morgan fingerprint density at radius 2 is 1.76 bits per heavy atom. The molecule has 0 radical (unpaired) electrons. The molecule has 1 saturated heterocycles. The SMILES string of the molecule is COc1c(C)c(C)c2c(c1C)CCC(C)(C(=O)N1CCN(c3ccc(NC(=N)c4cccs4)cc3)CC1)O2. The van der Waals surface area contributed by atoms with Gasteiger partial charge in [0, 0.05) is 49.5 Å². The van der Waals surface area contributed by atoms with Crippen LogP contribution in [0.3, 0.4) is 0 Å². The molecule has 3 aromatic rings. The van der Waals surface area contributed by atoms with Crippen LogP contribution in [0.4, 0.5) is 11.4 Å². The summed E-state index contributed by atoms with van der Waals surface area (Å²) in [5.41, 5.74) is 5.53. The average molecular weight is 533 g/mol. The van der Waals surface area contributed by atoms with Crippen LogP contribution in [0, 0.1) is 26.2 Å². The van der Waals surface area contributed by atoms with E-state index in [1.54, 1.807) is 18.4 Å². The average Bonchev–Trinajstić information content (AvgIpc) is 3.48. The number of thiophene rings is 1. The van der Waals surface area contributed by atoms with Crippen LogP contribution >= 0.6 is 11.3 Å². The predicted molar refractivity (Wildman–Crippen MR) is 155 cm³/mol. The number of fused-ring (bicyclic) bond motifs is 1. The van der Waals surface area contributed by atoms with Gasteiger partial charge in [0.1, 0.15) is 17.3 Å². The third kappa shape index (κ3) is 4.73. The molecule has 2 aliphatic heterocycles. The van der Waals surface area contributed by atoms with Crippen molar-refractivity contribution in [2.75, 3.05) is 43.5 Å². The number of anilines is 2. The molecule has 2 aliphatic rings. The maximum Gasteiger partial charge on any atom is 0.266 e. The van der Waals surface area contributed by atoms with Crippen molar-refractivity contribution in [2.24, 2.45) is 0 Å². The molecule has 1 fully saturated rings. The van der Waals surface area contributed by atoms with Gasteiger partial charge in [0.25, 0.3) is 5.91 Å². The highest BCUT2D eigenvalue weighted by Gasteiger charge is 2.43. The van der Waals surface area contributed by atoms with Gasteiger partial charge in [-0.3, -0.25) is 10.2 Å². The zero-order valence-corrected chi connectivity index (χ0v) is 23.6. The van der Waals surface area contributed by atoms with E-state index in [1.165, 1.54) is 0 Å². The van der Waals surface area contributed by atoms with Crippen molar-refractivity contribution in [3.8, 4) is 11.5 Å². The fourth-order valence-electron chi connectivity index (χ4n) is 5.58. The maximum atomic E-state index is 13.7. The molecule has 3 heterocycles. The van der Waals surface area contributed by atoms with E-state index in [0.717, 1.165) is 69.5 Å². The van der Waals surface area contributed by atoms with Gasteiger partial charge in [-0.1, -0.05) is 6.07 Å². The number of methoxy groups -OCH3 is 1. The van der Waals surface area contributed by atoms with Crippen LogP contribution in [-0.2, 0) is 11.2 Å². The quantitative estimate of drug-likeness (QED) is 0.333. The number of nitrogens with zero attached hydrogens (tertiary/aromatic N) is 2. The number of carbonyl (C=O) groups excluding carboxylic acids is 1. The molecule has 7 nitrogen and oxygen atoms in total. The van der Waals surface area contributed by atoms with E-state index in [9.17, 15) is 4.79 Å². The Morgan fingerprint density at radius 1 is 1.05 bits per heavy atom. The molecule has 0 saturated carbocycles. The van der Waals surface area contributed by atoms with Crippen LogP contribution in [0.5, 0.6) is 11.5 Å². The van der Waals surface area contributed by atoms with Crippen molar-refractivity contribution in [3.05, 3.63) is 68.9 Å². The number of rotatable bonds is 5. The molecule has 0 spiro atoms. The minimum Gasteiger partial charge on any atom is -0.496 e. The lowest BCUT2D eigenvalue weighted by atomic mass is 9.86. The summed E-state index contributed by atoms with van der Waals surface area (Å²) in [6.45, 7) is 11.0. The highest BCUT2D eigenvalue weighted by Crippen LogP contribution is 2.44. The van der Waals surface area contributed by atoms with E-state index < -0.39 is 5.60 Å². The summed E-state index contributed by atoms with van der Waals surface area (Å²) in [6, 6.07) is 12.0. The van der Waals surface area contributed by atoms with Crippen molar-refractivity contribution in [2.45, 2.75) is 46.1 Å². The Kier molecular flexibility index (Phi) is 7.09. The zero-order valence-electron chi connectivity index (χ0n) is 22.8. The molecular formula is C30H36N4O3S. The second-order valence-electron chi connectivity index (χ2n) is 10.4. The molecular weight excluding hydrogens is 496 g/mol. The summed E-state index contributed by atoms with van der Waals surface area (Å²) in [4.78, 5) is 18.9. The summed E-state index contributed by atoms with van der Waals surface area (Å²) in [5, 5.41) is 13.4. The molecule has 1 atom stereocenters. The van der Waals surface area contributed by atoms with E-state index in [-0.39, 0.29) is 5.91 Å². The highest BCUT2D eigenvalue weighted by molar-refractivity contribution is 7.12. The number of nitrogens with one attached hydrogen (secondary N) is 2. The minimum absolute atomic E-state index is 0.0694. The molecule has 1 unspecified atom stereocenters. The number of piperazine rings is 1. The molecule has 0 bridgehead atoms. The molecule has 2 aromatic carbocycles. The van der Waals surface area contributed by atoms with Crippen LogP contribution in [0.1, 0.15) is 40.5 Å².